The van der Waals surface area contributed by atoms with Crippen LogP contribution in [-0.4, -0.2) is 33.7 Å². The van der Waals surface area contributed by atoms with E-state index in [1.165, 1.54) is 0 Å². The van der Waals surface area contributed by atoms with E-state index in [0.29, 0.717) is 18.1 Å². The Labute approximate surface area is 98.6 Å². The summed E-state index contributed by atoms with van der Waals surface area (Å²) in [5.41, 5.74) is 5.46. The quantitative estimate of drug-likeness (QED) is 0.823. The van der Waals surface area contributed by atoms with Crippen LogP contribution in [0.15, 0.2) is 0 Å². The van der Waals surface area contributed by atoms with Gasteiger partial charge in [0.1, 0.15) is 0 Å². The zero-order valence-corrected chi connectivity index (χ0v) is 9.74. The standard InChI is InChI=1S/C9H14ClN5O/c1-2-16-6-3-5(4-6)12-9-14-7(10)13-8(11)15-9/h5-6H,2-4H2,1H3,(H3,11,12,13,14,15). The van der Waals surface area contributed by atoms with Gasteiger partial charge in [-0.3, -0.25) is 0 Å². The Kier molecular flexibility index (Phi) is 3.40. The van der Waals surface area contributed by atoms with Crippen LogP contribution in [0, 0.1) is 0 Å². The molecule has 1 saturated carbocycles. The predicted octanol–water partition coefficient (Wildman–Crippen LogP) is 1.09. The number of nitrogens with zero attached hydrogens (tertiary/aromatic N) is 3. The molecule has 0 amide bonds. The van der Waals surface area contributed by atoms with Gasteiger partial charge in [-0.2, -0.15) is 15.0 Å². The van der Waals surface area contributed by atoms with Crippen molar-refractivity contribution in [3.63, 3.8) is 0 Å². The fraction of sp³-hybridized carbons (Fsp3) is 0.667. The van der Waals surface area contributed by atoms with Gasteiger partial charge in [-0.1, -0.05) is 0 Å². The first-order valence-electron chi connectivity index (χ1n) is 5.22. The van der Waals surface area contributed by atoms with E-state index in [1.54, 1.807) is 0 Å². The van der Waals surface area contributed by atoms with Crippen molar-refractivity contribution in [3.8, 4) is 0 Å². The minimum Gasteiger partial charge on any atom is -0.378 e. The summed E-state index contributed by atoms with van der Waals surface area (Å²) >= 11 is 5.67. The van der Waals surface area contributed by atoms with Crippen LogP contribution in [0.25, 0.3) is 0 Å². The van der Waals surface area contributed by atoms with Crippen molar-refractivity contribution in [1.82, 2.24) is 15.0 Å². The number of nitrogen functional groups attached to an aromatic ring is 1. The van der Waals surface area contributed by atoms with E-state index in [-0.39, 0.29) is 11.2 Å². The maximum atomic E-state index is 5.67. The monoisotopic (exact) mass is 243 g/mol. The zero-order chi connectivity index (χ0) is 11.5. The number of hydrogen-bond donors (Lipinski definition) is 2. The lowest BCUT2D eigenvalue weighted by Crippen LogP contribution is -2.41. The summed E-state index contributed by atoms with van der Waals surface area (Å²) in [5, 5.41) is 3.25. The first-order chi connectivity index (χ1) is 7.67. The van der Waals surface area contributed by atoms with Crippen LogP contribution in [0.5, 0.6) is 0 Å². The van der Waals surface area contributed by atoms with Gasteiger partial charge in [0.25, 0.3) is 0 Å². The Hall–Kier alpha value is -1.14. The Morgan fingerprint density at radius 3 is 2.81 bits per heavy atom. The molecular weight excluding hydrogens is 230 g/mol. The highest BCUT2D eigenvalue weighted by atomic mass is 35.5. The van der Waals surface area contributed by atoms with Gasteiger partial charge in [0.05, 0.1) is 6.10 Å². The molecule has 1 aliphatic rings. The second-order valence-corrected chi connectivity index (χ2v) is 4.01. The van der Waals surface area contributed by atoms with Crippen molar-refractivity contribution >= 4 is 23.5 Å². The normalized spacial score (nSPS) is 23.9. The number of anilines is 2. The highest BCUT2D eigenvalue weighted by Gasteiger charge is 2.30. The molecule has 6 nitrogen and oxygen atoms in total. The van der Waals surface area contributed by atoms with Crippen LogP contribution in [0.1, 0.15) is 19.8 Å². The predicted molar refractivity (Wildman–Crippen MR) is 61.3 cm³/mol. The second kappa shape index (κ2) is 4.80. The fourth-order valence-corrected chi connectivity index (χ4v) is 1.83. The molecule has 16 heavy (non-hydrogen) atoms. The Morgan fingerprint density at radius 2 is 2.19 bits per heavy atom. The van der Waals surface area contributed by atoms with Crippen LogP contribution < -0.4 is 11.1 Å². The minimum absolute atomic E-state index is 0.107. The Balaban J connectivity index is 1.86. The number of rotatable bonds is 4. The molecule has 0 bridgehead atoms. The molecule has 0 saturated heterocycles. The summed E-state index contributed by atoms with van der Waals surface area (Å²) in [6, 6.07) is 0.328. The van der Waals surface area contributed by atoms with Crippen molar-refractivity contribution in [3.05, 3.63) is 5.28 Å². The molecule has 1 aromatic heterocycles. The maximum absolute atomic E-state index is 5.67. The van der Waals surface area contributed by atoms with Gasteiger partial charge in [0.15, 0.2) is 0 Å². The first-order valence-corrected chi connectivity index (χ1v) is 5.60. The van der Waals surface area contributed by atoms with Crippen molar-refractivity contribution in [2.24, 2.45) is 0 Å². The molecule has 0 radical (unpaired) electrons. The van der Waals surface area contributed by atoms with Crippen LogP contribution in [0.4, 0.5) is 11.9 Å². The second-order valence-electron chi connectivity index (χ2n) is 3.68. The molecule has 88 valence electrons. The number of nitrogens with two attached hydrogens (primary N) is 1. The van der Waals surface area contributed by atoms with Crippen molar-refractivity contribution in [2.75, 3.05) is 17.7 Å². The van der Waals surface area contributed by atoms with Crippen molar-refractivity contribution in [1.29, 1.82) is 0 Å². The molecule has 3 N–H and O–H groups in total. The number of ether oxygens (including phenoxy) is 1. The summed E-state index contributed by atoms with van der Waals surface area (Å²) in [7, 11) is 0. The third kappa shape index (κ3) is 2.70. The largest absolute Gasteiger partial charge is 0.378 e. The Morgan fingerprint density at radius 1 is 1.44 bits per heavy atom. The number of hydrogen-bond acceptors (Lipinski definition) is 6. The van der Waals surface area contributed by atoms with E-state index in [1.807, 2.05) is 6.92 Å². The van der Waals surface area contributed by atoms with Crippen LogP contribution >= 0.6 is 11.6 Å². The van der Waals surface area contributed by atoms with E-state index in [2.05, 4.69) is 20.3 Å². The summed E-state index contributed by atoms with van der Waals surface area (Å²) in [5.74, 6) is 0.556. The molecule has 1 aliphatic carbocycles. The lowest BCUT2D eigenvalue weighted by Gasteiger charge is -2.35. The number of nitrogens with one attached hydrogen (secondary N) is 1. The van der Waals surface area contributed by atoms with Gasteiger partial charge >= 0.3 is 0 Å². The third-order valence-corrected chi connectivity index (χ3v) is 2.62. The van der Waals surface area contributed by atoms with E-state index in [9.17, 15) is 0 Å². The molecule has 0 aliphatic heterocycles. The first kappa shape index (κ1) is 11.3. The van der Waals surface area contributed by atoms with Gasteiger partial charge in [0.2, 0.25) is 17.2 Å². The summed E-state index contributed by atoms with van der Waals surface area (Å²) in [4.78, 5) is 11.6. The molecule has 7 heteroatoms. The third-order valence-electron chi connectivity index (χ3n) is 2.46. The van der Waals surface area contributed by atoms with Gasteiger partial charge in [-0.15, -0.1) is 0 Å². The molecule has 2 rings (SSSR count). The molecule has 1 heterocycles. The van der Waals surface area contributed by atoms with E-state index < -0.39 is 0 Å². The maximum Gasteiger partial charge on any atom is 0.229 e. The molecule has 0 atom stereocenters. The fourth-order valence-electron chi connectivity index (χ4n) is 1.67. The van der Waals surface area contributed by atoms with Gasteiger partial charge in [0, 0.05) is 12.6 Å². The molecule has 0 spiro atoms. The van der Waals surface area contributed by atoms with E-state index in [4.69, 9.17) is 22.1 Å². The Bertz CT molecular complexity index is 349. The lowest BCUT2D eigenvalue weighted by atomic mass is 9.89. The highest BCUT2D eigenvalue weighted by Crippen LogP contribution is 2.25. The van der Waals surface area contributed by atoms with Gasteiger partial charge in [-0.25, -0.2) is 0 Å². The number of aromatic nitrogens is 3. The van der Waals surface area contributed by atoms with Gasteiger partial charge in [-0.05, 0) is 31.4 Å². The SMILES string of the molecule is CCOC1CC(Nc2nc(N)nc(Cl)n2)C1. The molecule has 0 unspecified atom stereocenters. The highest BCUT2D eigenvalue weighted by molar-refractivity contribution is 6.28. The summed E-state index contributed by atoms with van der Waals surface area (Å²) in [6.45, 7) is 2.75. The van der Waals surface area contributed by atoms with E-state index >= 15 is 0 Å². The molecule has 0 aromatic carbocycles. The molecule has 1 fully saturated rings. The summed E-state index contributed by atoms with van der Waals surface area (Å²) < 4.78 is 5.45. The average Bonchev–Trinajstić information content (AvgIpc) is 2.13. The number of halogens is 1. The van der Waals surface area contributed by atoms with Crippen molar-refractivity contribution < 1.29 is 4.74 Å². The molecule has 1 aromatic rings. The average molecular weight is 244 g/mol. The van der Waals surface area contributed by atoms with Crippen LogP contribution in [0.3, 0.4) is 0 Å². The smallest absolute Gasteiger partial charge is 0.229 e. The minimum atomic E-state index is 0.107. The zero-order valence-electron chi connectivity index (χ0n) is 8.98. The van der Waals surface area contributed by atoms with E-state index in [0.717, 1.165) is 19.4 Å². The van der Waals surface area contributed by atoms with Crippen LogP contribution in [-0.2, 0) is 4.74 Å². The summed E-state index contributed by atoms with van der Waals surface area (Å²) in [6.07, 6.45) is 2.26. The lowest BCUT2D eigenvalue weighted by molar-refractivity contribution is 0.00285. The topological polar surface area (TPSA) is 86.0 Å². The van der Waals surface area contributed by atoms with Crippen molar-refractivity contribution in [2.45, 2.75) is 31.9 Å². The van der Waals surface area contributed by atoms with Gasteiger partial charge < -0.3 is 15.8 Å². The van der Waals surface area contributed by atoms with Crippen LogP contribution in [0.2, 0.25) is 5.28 Å². The molecular formula is C9H14ClN5O.